The van der Waals surface area contributed by atoms with E-state index in [1.807, 2.05) is 12.1 Å². The van der Waals surface area contributed by atoms with Crippen molar-refractivity contribution >= 4 is 17.3 Å². The monoisotopic (exact) mass is 397 g/mol. The standard InChI is InChI=1S/C25H24N4O/c26-18-21-7-4-8-22(17-21)25(30)27-23-9-11-24(12-10-23)29-15-13-28(14-16-29)19-20-5-2-1-3-6-20/h1-12,17H,13-16,19H2,(H,27,30)/p+1. The number of anilines is 2. The van der Waals surface area contributed by atoms with Crippen molar-refractivity contribution in [2.24, 2.45) is 0 Å². The highest BCUT2D eigenvalue weighted by atomic mass is 16.1. The first kappa shape index (κ1) is 19.7. The molecule has 1 saturated heterocycles. The average Bonchev–Trinajstić information content (AvgIpc) is 2.81. The van der Waals surface area contributed by atoms with E-state index in [1.54, 1.807) is 29.2 Å². The zero-order valence-corrected chi connectivity index (χ0v) is 16.8. The summed E-state index contributed by atoms with van der Waals surface area (Å²) >= 11 is 0. The topological polar surface area (TPSA) is 60.6 Å². The van der Waals surface area contributed by atoms with Crippen LogP contribution in [0.5, 0.6) is 0 Å². The molecule has 0 aliphatic carbocycles. The Balaban J connectivity index is 1.32. The fourth-order valence-electron chi connectivity index (χ4n) is 3.83. The number of quaternary nitrogens is 1. The number of piperazine rings is 1. The van der Waals surface area contributed by atoms with E-state index in [0.29, 0.717) is 11.1 Å². The molecular formula is C25H25N4O+. The van der Waals surface area contributed by atoms with Gasteiger partial charge in [0.05, 0.1) is 37.8 Å². The largest absolute Gasteiger partial charge is 0.360 e. The van der Waals surface area contributed by atoms with Gasteiger partial charge in [0.25, 0.3) is 5.91 Å². The zero-order chi connectivity index (χ0) is 20.8. The van der Waals surface area contributed by atoms with Crippen LogP contribution >= 0.6 is 0 Å². The second-order valence-electron chi connectivity index (χ2n) is 7.59. The first-order valence-corrected chi connectivity index (χ1v) is 10.3. The molecule has 0 spiro atoms. The lowest BCUT2D eigenvalue weighted by molar-refractivity contribution is -0.914. The number of benzene rings is 3. The summed E-state index contributed by atoms with van der Waals surface area (Å²) in [6.07, 6.45) is 0. The summed E-state index contributed by atoms with van der Waals surface area (Å²) in [5, 5.41) is 11.9. The predicted octanol–water partition coefficient (Wildman–Crippen LogP) is 2.72. The molecular weight excluding hydrogens is 372 g/mol. The van der Waals surface area contributed by atoms with Crippen LogP contribution in [-0.2, 0) is 6.54 Å². The normalized spacial score (nSPS) is 14.2. The highest BCUT2D eigenvalue weighted by molar-refractivity contribution is 6.04. The number of nitrogens with one attached hydrogen (secondary N) is 2. The lowest BCUT2D eigenvalue weighted by Gasteiger charge is -2.33. The Labute approximate surface area is 177 Å². The van der Waals surface area contributed by atoms with Crippen LogP contribution in [0.15, 0.2) is 78.9 Å². The molecule has 0 bridgehead atoms. The Morgan fingerprint density at radius 3 is 2.40 bits per heavy atom. The molecule has 0 unspecified atom stereocenters. The Hall–Kier alpha value is -3.62. The van der Waals surface area contributed by atoms with Gasteiger partial charge in [-0.05, 0) is 42.5 Å². The van der Waals surface area contributed by atoms with Crippen molar-refractivity contribution in [2.45, 2.75) is 6.54 Å². The molecule has 1 aliphatic heterocycles. The minimum Gasteiger partial charge on any atom is -0.360 e. The molecule has 2 N–H and O–H groups in total. The molecule has 5 nitrogen and oxygen atoms in total. The SMILES string of the molecule is N#Cc1cccc(C(=O)Nc2ccc(N3CC[NH+](Cc4ccccc4)CC3)cc2)c1. The maximum Gasteiger partial charge on any atom is 0.255 e. The number of amides is 1. The van der Waals surface area contributed by atoms with E-state index in [1.165, 1.54) is 11.3 Å². The molecule has 3 aromatic carbocycles. The molecule has 0 atom stereocenters. The van der Waals surface area contributed by atoms with Crippen molar-refractivity contribution in [3.05, 3.63) is 95.6 Å². The summed E-state index contributed by atoms with van der Waals surface area (Å²) in [5.41, 5.74) is 4.28. The minimum absolute atomic E-state index is 0.210. The summed E-state index contributed by atoms with van der Waals surface area (Å²) < 4.78 is 0. The molecule has 3 aromatic rings. The molecule has 1 aliphatic rings. The summed E-state index contributed by atoms with van der Waals surface area (Å²) in [4.78, 5) is 16.4. The maximum absolute atomic E-state index is 12.4. The first-order valence-electron chi connectivity index (χ1n) is 10.3. The van der Waals surface area contributed by atoms with Gasteiger partial charge in [-0.3, -0.25) is 4.79 Å². The van der Waals surface area contributed by atoms with Crippen LogP contribution in [0.25, 0.3) is 0 Å². The van der Waals surface area contributed by atoms with Gasteiger partial charge in [-0.15, -0.1) is 0 Å². The van der Waals surface area contributed by atoms with Crippen molar-refractivity contribution in [3.63, 3.8) is 0 Å². The number of hydrogen-bond donors (Lipinski definition) is 2. The van der Waals surface area contributed by atoms with Crippen LogP contribution in [0, 0.1) is 11.3 Å². The van der Waals surface area contributed by atoms with Crippen molar-refractivity contribution < 1.29 is 9.69 Å². The van der Waals surface area contributed by atoms with Gasteiger partial charge >= 0.3 is 0 Å². The first-order chi connectivity index (χ1) is 14.7. The fraction of sp³-hybridized carbons (Fsp3) is 0.200. The van der Waals surface area contributed by atoms with Gasteiger partial charge in [0.2, 0.25) is 0 Å². The molecule has 1 fully saturated rings. The van der Waals surface area contributed by atoms with E-state index in [0.717, 1.165) is 38.4 Å². The fourth-order valence-corrected chi connectivity index (χ4v) is 3.83. The van der Waals surface area contributed by atoms with E-state index >= 15 is 0 Å². The number of rotatable bonds is 5. The highest BCUT2D eigenvalue weighted by Gasteiger charge is 2.20. The van der Waals surface area contributed by atoms with E-state index < -0.39 is 0 Å². The number of carbonyl (C=O) groups is 1. The van der Waals surface area contributed by atoms with Crippen LogP contribution in [0.2, 0.25) is 0 Å². The summed E-state index contributed by atoms with van der Waals surface area (Å²) in [5.74, 6) is -0.210. The van der Waals surface area contributed by atoms with Gasteiger partial charge < -0.3 is 15.1 Å². The molecule has 0 saturated carbocycles. The van der Waals surface area contributed by atoms with Gasteiger partial charge in [0, 0.05) is 22.5 Å². The predicted molar refractivity (Wildman–Crippen MR) is 119 cm³/mol. The smallest absolute Gasteiger partial charge is 0.255 e. The van der Waals surface area contributed by atoms with Crippen molar-refractivity contribution in [2.75, 3.05) is 36.4 Å². The van der Waals surface area contributed by atoms with Crippen LogP contribution in [0.1, 0.15) is 21.5 Å². The quantitative estimate of drug-likeness (QED) is 0.696. The van der Waals surface area contributed by atoms with E-state index in [9.17, 15) is 4.79 Å². The van der Waals surface area contributed by atoms with E-state index in [2.05, 4.69) is 58.8 Å². The molecule has 1 amide bonds. The van der Waals surface area contributed by atoms with Crippen molar-refractivity contribution in [1.29, 1.82) is 5.26 Å². The van der Waals surface area contributed by atoms with Crippen LogP contribution in [0.4, 0.5) is 11.4 Å². The molecule has 5 heteroatoms. The van der Waals surface area contributed by atoms with Gasteiger partial charge in [-0.2, -0.15) is 5.26 Å². The summed E-state index contributed by atoms with van der Waals surface area (Å²) in [6, 6.07) is 27.4. The highest BCUT2D eigenvalue weighted by Crippen LogP contribution is 2.19. The lowest BCUT2D eigenvalue weighted by atomic mass is 10.1. The molecule has 1 heterocycles. The van der Waals surface area contributed by atoms with Crippen LogP contribution in [-0.4, -0.2) is 32.1 Å². The number of nitrogens with zero attached hydrogens (tertiary/aromatic N) is 2. The van der Waals surface area contributed by atoms with Crippen LogP contribution in [0.3, 0.4) is 0 Å². The van der Waals surface area contributed by atoms with Gasteiger partial charge in [0.15, 0.2) is 0 Å². The number of hydrogen-bond acceptors (Lipinski definition) is 3. The van der Waals surface area contributed by atoms with Gasteiger partial charge in [-0.25, -0.2) is 0 Å². The second-order valence-corrected chi connectivity index (χ2v) is 7.59. The lowest BCUT2D eigenvalue weighted by Crippen LogP contribution is -3.13. The minimum atomic E-state index is -0.210. The van der Waals surface area contributed by atoms with Gasteiger partial charge in [0.1, 0.15) is 6.54 Å². The molecule has 150 valence electrons. The van der Waals surface area contributed by atoms with Crippen molar-refractivity contribution in [3.8, 4) is 6.07 Å². The maximum atomic E-state index is 12.4. The van der Waals surface area contributed by atoms with Gasteiger partial charge in [-0.1, -0.05) is 36.4 Å². The Kier molecular flexibility index (Phi) is 6.07. The van der Waals surface area contributed by atoms with Crippen LogP contribution < -0.4 is 15.1 Å². The second kappa shape index (κ2) is 9.25. The van der Waals surface area contributed by atoms with E-state index in [4.69, 9.17) is 5.26 Å². The number of nitriles is 1. The molecule has 4 rings (SSSR count). The third-order valence-corrected chi connectivity index (χ3v) is 5.51. The zero-order valence-electron chi connectivity index (χ0n) is 16.8. The molecule has 30 heavy (non-hydrogen) atoms. The Bertz CT molecular complexity index is 1030. The Morgan fingerprint density at radius 2 is 1.70 bits per heavy atom. The summed E-state index contributed by atoms with van der Waals surface area (Å²) in [7, 11) is 0. The molecule has 0 aromatic heterocycles. The number of carbonyl (C=O) groups excluding carboxylic acids is 1. The van der Waals surface area contributed by atoms with E-state index in [-0.39, 0.29) is 5.91 Å². The Morgan fingerprint density at radius 1 is 0.967 bits per heavy atom. The third kappa shape index (κ3) is 4.86. The third-order valence-electron chi connectivity index (χ3n) is 5.51. The molecule has 0 radical (unpaired) electrons. The van der Waals surface area contributed by atoms with Crippen molar-refractivity contribution in [1.82, 2.24) is 0 Å². The summed E-state index contributed by atoms with van der Waals surface area (Å²) in [6.45, 7) is 5.35. The average molecular weight is 398 g/mol.